The topological polar surface area (TPSA) is 53.3 Å². The quantitative estimate of drug-likeness (QED) is 0.361. The maximum Gasteiger partial charge on any atom is 0.174 e. The van der Waals surface area contributed by atoms with Crippen molar-refractivity contribution in [1.82, 2.24) is 14.9 Å². The lowest BCUT2D eigenvalue weighted by Gasteiger charge is -2.28. The van der Waals surface area contributed by atoms with Crippen molar-refractivity contribution in [2.24, 2.45) is 0 Å². The molecule has 1 fully saturated rings. The summed E-state index contributed by atoms with van der Waals surface area (Å²) < 4.78 is 2.30. The van der Waals surface area contributed by atoms with Crippen molar-refractivity contribution < 1.29 is 5.11 Å². The molecular weight excluding hydrogens is 440 g/mol. The Hall–Kier alpha value is -3.64. The highest BCUT2D eigenvalue weighted by Gasteiger charge is 2.43. The highest BCUT2D eigenvalue weighted by atomic mass is 32.1. The van der Waals surface area contributed by atoms with Gasteiger partial charge in [0.1, 0.15) is 5.75 Å². The predicted molar refractivity (Wildman–Crippen MR) is 141 cm³/mol. The van der Waals surface area contributed by atoms with E-state index >= 15 is 0 Å². The Balaban J connectivity index is 1.71. The molecule has 0 aliphatic carbocycles. The summed E-state index contributed by atoms with van der Waals surface area (Å²) in [4.78, 5) is 6.67. The first kappa shape index (κ1) is 22.2. The molecule has 0 amide bonds. The molecule has 3 heterocycles. The number of thiocarbonyl (C=S) groups is 1. The number of hydrogen-bond acceptors (Lipinski definition) is 3. The Kier molecular flexibility index (Phi) is 5.62. The predicted octanol–water partition coefficient (Wildman–Crippen LogP) is 5.99. The summed E-state index contributed by atoms with van der Waals surface area (Å²) in [6.45, 7) is 8.54. The first-order valence-electron chi connectivity index (χ1n) is 11.4. The third-order valence-corrected chi connectivity index (χ3v) is 6.81. The fourth-order valence-corrected chi connectivity index (χ4v) is 5.50. The maximum atomic E-state index is 10.7. The fraction of sp³-hybridized carbons (Fsp3) is 0.214. The van der Waals surface area contributed by atoms with Crippen molar-refractivity contribution >= 4 is 23.0 Å². The standard InChI is InChI=1S/C28H28N4OS/c1-17-13-18(2)15-21(14-17)31-19(3)16-22(20(31)4)27-26(23-9-7-8-12-29-23)30-28(34)32(27)24-10-5-6-11-25(24)33/h5-16,26-27,33H,1-4H3,(H,30,34)/t26-,27-/m0/s1. The largest absolute Gasteiger partial charge is 0.506 e. The first-order valence-corrected chi connectivity index (χ1v) is 11.8. The number of benzene rings is 2. The molecule has 5 nitrogen and oxygen atoms in total. The number of phenolic OH excluding ortho intramolecular Hbond substituents is 1. The van der Waals surface area contributed by atoms with Crippen LogP contribution in [0.15, 0.2) is 72.9 Å². The van der Waals surface area contributed by atoms with Crippen molar-refractivity contribution in [1.29, 1.82) is 0 Å². The number of aromatic nitrogens is 2. The van der Waals surface area contributed by atoms with Crippen LogP contribution < -0.4 is 10.2 Å². The van der Waals surface area contributed by atoms with Gasteiger partial charge in [0.05, 0.1) is 23.5 Å². The van der Waals surface area contributed by atoms with E-state index in [2.05, 4.69) is 66.8 Å². The van der Waals surface area contributed by atoms with Gasteiger partial charge >= 0.3 is 0 Å². The smallest absolute Gasteiger partial charge is 0.174 e. The lowest BCUT2D eigenvalue weighted by atomic mass is 9.96. The van der Waals surface area contributed by atoms with Crippen molar-refractivity contribution in [3.05, 3.63) is 107 Å². The number of hydrogen-bond donors (Lipinski definition) is 2. The van der Waals surface area contributed by atoms with E-state index in [4.69, 9.17) is 12.2 Å². The molecule has 1 aliphatic heterocycles. The second-order valence-electron chi connectivity index (χ2n) is 8.99. The van der Waals surface area contributed by atoms with Crippen LogP contribution in [0.2, 0.25) is 0 Å². The van der Waals surface area contributed by atoms with Crippen LogP contribution in [0.25, 0.3) is 5.69 Å². The number of anilines is 1. The number of aromatic hydroxyl groups is 1. The van der Waals surface area contributed by atoms with Crippen LogP contribution in [0.1, 0.15) is 45.9 Å². The van der Waals surface area contributed by atoms with Gasteiger partial charge in [-0.3, -0.25) is 4.98 Å². The van der Waals surface area contributed by atoms with Gasteiger partial charge in [-0.15, -0.1) is 0 Å². The minimum absolute atomic E-state index is 0.165. The fourth-order valence-electron chi connectivity index (χ4n) is 5.16. The summed E-state index contributed by atoms with van der Waals surface area (Å²) in [5.74, 6) is 0.196. The number of rotatable bonds is 4. The molecule has 4 aromatic rings. The van der Waals surface area contributed by atoms with Gasteiger partial charge in [0.25, 0.3) is 0 Å². The highest BCUT2D eigenvalue weighted by Crippen LogP contribution is 2.45. The average Bonchev–Trinajstić information content (AvgIpc) is 3.29. The molecular formula is C28H28N4OS. The van der Waals surface area contributed by atoms with Gasteiger partial charge in [0.15, 0.2) is 5.11 Å². The van der Waals surface area contributed by atoms with Crippen molar-refractivity contribution in [3.63, 3.8) is 0 Å². The Morgan fingerprint density at radius 1 is 0.912 bits per heavy atom. The monoisotopic (exact) mass is 468 g/mol. The number of nitrogens with zero attached hydrogens (tertiary/aromatic N) is 3. The summed E-state index contributed by atoms with van der Waals surface area (Å²) in [5, 5.41) is 14.8. The summed E-state index contributed by atoms with van der Waals surface area (Å²) in [6.07, 6.45) is 1.80. The maximum absolute atomic E-state index is 10.7. The Morgan fingerprint density at radius 3 is 2.29 bits per heavy atom. The molecule has 0 bridgehead atoms. The number of aryl methyl sites for hydroxylation is 3. The van der Waals surface area contributed by atoms with Crippen molar-refractivity contribution in [2.75, 3.05) is 4.90 Å². The lowest BCUT2D eigenvalue weighted by molar-refractivity contribution is 0.472. The van der Waals surface area contributed by atoms with Gasteiger partial charge in [-0.25, -0.2) is 0 Å². The van der Waals surface area contributed by atoms with E-state index in [9.17, 15) is 5.11 Å². The molecule has 6 heteroatoms. The highest BCUT2D eigenvalue weighted by molar-refractivity contribution is 7.80. The van der Waals surface area contributed by atoms with Crippen LogP contribution >= 0.6 is 12.2 Å². The zero-order chi connectivity index (χ0) is 24.0. The van der Waals surface area contributed by atoms with E-state index in [-0.39, 0.29) is 17.8 Å². The first-order chi connectivity index (χ1) is 16.3. The minimum Gasteiger partial charge on any atom is -0.506 e. The van der Waals surface area contributed by atoms with Crippen molar-refractivity contribution in [2.45, 2.75) is 39.8 Å². The normalized spacial score (nSPS) is 17.8. The van der Waals surface area contributed by atoms with E-state index < -0.39 is 0 Å². The molecule has 5 rings (SSSR count). The van der Waals surface area contributed by atoms with Gasteiger partial charge in [-0.2, -0.15) is 0 Å². The third kappa shape index (κ3) is 3.74. The van der Waals surface area contributed by atoms with E-state index in [1.165, 1.54) is 11.1 Å². The molecule has 34 heavy (non-hydrogen) atoms. The van der Waals surface area contributed by atoms with Crippen LogP contribution in [0.5, 0.6) is 5.75 Å². The van der Waals surface area contributed by atoms with Crippen LogP contribution in [0.3, 0.4) is 0 Å². The summed E-state index contributed by atoms with van der Waals surface area (Å²) in [5.41, 5.74) is 8.62. The van der Waals surface area contributed by atoms with Gasteiger partial charge in [-0.05, 0) is 99.1 Å². The zero-order valence-electron chi connectivity index (χ0n) is 19.8. The molecule has 0 unspecified atom stereocenters. The van der Waals surface area contributed by atoms with Gasteiger partial charge in [0.2, 0.25) is 0 Å². The minimum atomic E-state index is -0.179. The second kappa shape index (κ2) is 8.61. The van der Waals surface area contributed by atoms with Crippen molar-refractivity contribution in [3.8, 4) is 11.4 Å². The summed E-state index contributed by atoms with van der Waals surface area (Å²) in [6, 6.07) is 21.8. The summed E-state index contributed by atoms with van der Waals surface area (Å²) in [7, 11) is 0. The van der Waals surface area contributed by atoms with Gasteiger partial charge in [-0.1, -0.05) is 24.3 Å². The van der Waals surface area contributed by atoms with Crippen LogP contribution in [-0.2, 0) is 0 Å². The SMILES string of the molecule is Cc1cc(C)cc(-n2c(C)cc([C@H]3[C@H](c4ccccn4)NC(=S)N3c3ccccc3O)c2C)c1. The lowest BCUT2D eigenvalue weighted by Crippen LogP contribution is -2.29. The molecule has 2 aromatic heterocycles. The van der Waals surface area contributed by atoms with Crippen LogP contribution in [-0.4, -0.2) is 19.8 Å². The molecule has 2 aromatic carbocycles. The zero-order valence-corrected chi connectivity index (χ0v) is 20.6. The molecule has 2 atom stereocenters. The number of pyridine rings is 1. The molecule has 1 aliphatic rings. The summed E-state index contributed by atoms with van der Waals surface area (Å²) >= 11 is 5.82. The van der Waals surface area contributed by atoms with E-state index in [1.807, 2.05) is 41.3 Å². The van der Waals surface area contributed by atoms with E-state index in [1.54, 1.807) is 12.3 Å². The Labute approximate surface area is 205 Å². The number of para-hydroxylation sites is 2. The molecule has 0 spiro atoms. The van der Waals surface area contributed by atoms with Crippen LogP contribution in [0.4, 0.5) is 5.69 Å². The number of phenols is 1. The Morgan fingerprint density at radius 2 is 1.62 bits per heavy atom. The second-order valence-corrected chi connectivity index (χ2v) is 9.38. The number of nitrogens with one attached hydrogen (secondary N) is 1. The van der Waals surface area contributed by atoms with Gasteiger partial charge < -0.3 is 19.9 Å². The van der Waals surface area contributed by atoms with E-state index in [0.29, 0.717) is 10.8 Å². The molecule has 172 valence electrons. The van der Waals surface area contributed by atoms with E-state index in [0.717, 1.165) is 28.3 Å². The van der Waals surface area contributed by atoms with Gasteiger partial charge in [0, 0.05) is 23.3 Å². The third-order valence-electron chi connectivity index (χ3n) is 6.49. The Bertz CT molecular complexity index is 1360. The molecule has 0 saturated carbocycles. The average molecular weight is 469 g/mol. The molecule has 0 radical (unpaired) electrons. The van der Waals surface area contributed by atoms with Crippen LogP contribution in [0, 0.1) is 27.7 Å². The molecule has 1 saturated heterocycles. The molecule has 2 N–H and O–H groups in total.